The maximum Gasteiger partial charge on any atom is 0.123 e. The molecule has 0 spiro atoms. The van der Waals surface area contributed by atoms with Crippen LogP contribution in [0.1, 0.15) is 12.8 Å². The minimum atomic E-state index is 0.272. The fourth-order valence-corrected chi connectivity index (χ4v) is 2.35. The Morgan fingerprint density at radius 2 is 2.07 bits per heavy atom. The van der Waals surface area contributed by atoms with Gasteiger partial charge in [-0.2, -0.15) is 0 Å². The smallest absolute Gasteiger partial charge is 0.123 e. The number of hydrogen-bond donors (Lipinski definition) is 0. The largest absolute Gasteiger partial charge is 0.371 e. The standard InChI is InChI=1S/C12H14BrNO/c13-11-2-1-3-12(8-11)14-6-4-10(9-15)5-7-14/h1-3,8-10H,4-7H2. The van der Waals surface area contributed by atoms with Crippen molar-refractivity contribution in [2.75, 3.05) is 18.0 Å². The van der Waals surface area contributed by atoms with Gasteiger partial charge in [-0.25, -0.2) is 0 Å². The number of nitrogens with zero attached hydrogens (tertiary/aromatic N) is 1. The van der Waals surface area contributed by atoms with E-state index < -0.39 is 0 Å². The average Bonchev–Trinajstić information content (AvgIpc) is 2.29. The van der Waals surface area contributed by atoms with Crippen molar-refractivity contribution < 1.29 is 4.79 Å². The molecular weight excluding hydrogens is 254 g/mol. The minimum Gasteiger partial charge on any atom is -0.371 e. The average molecular weight is 268 g/mol. The van der Waals surface area contributed by atoms with Crippen LogP contribution >= 0.6 is 15.9 Å². The number of anilines is 1. The first-order chi connectivity index (χ1) is 7.29. The molecule has 1 fully saturated rings. The van der Waals surface area contributed by atoms with Crippen LogP contribution in [-0.4, -0.2) is 19.4 Å². The van der Waals surface area contributed by atoms with Crippen molar-refractivity contribution in [3.8, 4) is 0 Å². The van der Waals surface area contributed by atoms with Gasteiger partial charge >= 0.3 is 0 Å². The molecule has 1 heterocycles. The molecule has 15 heavy (non-hydrogen) atoms. The first-order valence-corrected chi connectivity index (χ1v) is 6.04. The van der Waals surface area contributed by atoms with Gasteiger partial charge in [-0.1, -0.05) is 22.0 Å². The Morgan fingerprint density at radius 3 is 2.67 bits per heavy atom. The summed E-state index contributed by atoms with van der Waals surface area (Å²) in [5.41, 5.74) is 1.24. The van der Waals surface area contributed by atoms with E-state index in [1.807, 2.05) is 12.1 Å². The van der Waals surface area contributed by atoms with E-state index in [9.17, 15) is 4.79 Å². The van der Waals surface area contributed by atoms with E-state index in [2.05, 4.69) is 33.0 Å². The predicted molar refractivity (Wildman–Crippen MR) is 65.1 cm³/mol. The van der Waals surface area contributed by atoms with Gasteiger partial charge in [0.25, 0.3) is 0 Å². The predicted octanol–water partition coefficient (Wildman–Crippen LogP) is 2.86. The van der Waals surface area contributed by atoms with E-state index >= 15 is 0 Å². The zero-order valence-electron chi connectivity index (χ0n) is 8.53. The van der Waals surface area contributed by atoms with Crippen LogP contribution in [0, 0.1) is 5.92 Å². The third-order valence-corrected chi connectivity index (χ3v) is 3.40. The quantitative estimate of drug-likeness (QED) is 0.769. The van der Waals surface area contributed by atoms with Crippen molar-refractivity contribution in [1.29, 1.82) is 0 Å². The second-order valence-corrected chi connectivity index (χ2v) is 4.86. The first kappa shape index (κ1) is 10.7. The van der Waals surface area contributed by atoms with Gasteiger partial charge in [0.15, 0.2) is 0 Å². The van der Waals surface area contributed by atoms with Crippen LogP contribution in [0.5, 0.6) is 0 Å². The highest BCUT2D eigenvalue weighted by molar-refractivity contribution is 9.10. The molecule has 2 nitrogen and oxygen atoms in total. The highest BCUT2D eigenvalue weighted by Gasteiger charge is 2.18. The first-order valence-electron chi connectivity index (χ1n) is 5.25. The van der Waals surface area contributed by atoms with Gasteiger partial charge < -0.3 is 9.69 Å². The molecule has 1 aliphatic rings. The fraction of sp³-hybridized carbons (Fsp3) is 0.417. The van der Waals surface area contributed by atoms with Gasteiger partial charge in [-0.15, -0.1) is 0 Å². The summed E-state index contributed by atoms with van der Waals surface area (Å²) < 4.78 is 1.11. The molecule has 80 valence electrons. The Labute approximate surface area is 98.4 Å². The van der Waals surface area contributed by atoms with Gasteiger partial charge in [0.05, 0.1) is 0 Å². The lowest BCUT2D eigenvalue weighted by atomic mass is 9.98. The number of carbonyl (C=O) groups excluding carboxylic acids is 1. The Bertz CT molecular complexity index is 345. The summed E-state index contributed by atoms with van der Waals surface area (Å²) in [6, 6.07) is 8.32. The van der Waals surface area contributed by atoms with E-state index in [1.165, 1.54) is 5.69 Å². The zero-order valence-corrected chi connectivity index (χ0v) is 10.1. The molecule has 1 aromatic carbocycles. The molecule has 0 aromatic heterocycles. The molecule has 0 saturated carbocycles. The maximum atomic E-state index is 10.6. The third kappa shape index (κ3) is 2.59. The molecule has 0 aliphatic carbocycles. The molecule has 0 unspecified atom stereocenters. The molecule has 0 bridgehead atoms. The minimum absolute atomic E-state index is 0.272. The van der Waals surface area contributed by atoms with Crippen LogP contribution in [0.15, 0.2) is 28.7 Å². The van der Waals surface area contributed by atoms with E-state index in [0.717, 1.165) is 36.7 Å². The number of hydrogen-bond acceptors (Lipinski definition) is 2. The van der Waals surface area contributed by atoms with Gasteiger partial charge in [0.2, 0.25) is 0 Å². The zero-order chi connectivity index (χ0) is 10.7. The molecule has 0 amide bonds. The molecule has 0 atom stereocenters. The molecule has 3 heteroatoms. The summed E-state index contributed by atoms with van der Waals surface area (Å²) in [6.45, 7) is 1.97. The monoisotopic (exact) mass is 267 g/mol. The summed E-state index contributed by atoms with van der Waals surface area (Å²) in [7, 11) is 0. The number of rotatable bonds is 2. The summed E-state index contributed by atoms with van der Waals surface area (Å²) in [4.78, 5) is 13.0. The van der Waals surface area contributed by atoms with Crippen molar-refractivity contribution in [2.45, 2.75) is 12.8 Å². The van der Waals surface area contributed by atoms with Gasteiger partial charge in [0.1, 0.15) is 6.29 Å². The fourth-order valence-electron chi connectivity index (χ4n) is 1.97. The molecule has 0 N–H and O–H groups in total. The van der Waals surface area contributed by atoms with Crippen molar-refractivity contribution >= 4 is 27.9 Å². The molecule has 1 aliphatic heterocycles. The summed E-state index contributed by atoms with van der Waals surface area (Å²) in [5.74, 6) is 0.272. The van der Waals surface area contributed by atoms with E-state index in [-0.39, 0.29) is 5.92 Å². The topological polar surface area (TPSA) is 20.3 Å². The Kier molecular flexibility index (Phi) is 3.41. The lowest BCUT2D eigenvalue weighted by Crippen LogP contribution is -2.33. The number of aldehydes is 1. The second-order valence-electron chi connectivity index (χ2n) is 3.94. The van der Waals surface area contributed by atoms with Crippen molar-refractivity contribution in [1.82, 2.24) is 0 Å². The SMILES string of the molecule is O=CC1CCN(c2cccc(Br)c2)CC1. The third-order valence-electron chi connectivity index (χ3n) is 2.91. The number of halogens is 1. The summed E-state index contributed by atoms with van der Waals surface area (Å²) >= 11 is 3.47. The van der Waals surface area contributed by atoms with Crippen molar-refractivity contribution in [2.24, 2.45) is 5.92 Å². The Balaban J connectivity index is 2.04. The van der Waals surface area contributed by atoms with Gasteiger partial charge in [0, 0.05) is 29.2 Å². The lowest BCUT2D eigenvalue weighted by molar-refractivity contribution is -0.111. The van der Waals surface area contributed by atoms with Crippen molar-refractivity contribution in [3.05, 3.63) is 28.7 Å². The molecule has 2 rings (SSSR count). The summed E-state index contributed by atoms with van der Waals surface area (Å²) in [6.07, 6.45) is 3.06. The highest BCUT2D eigenvalue weighted by Crippen LogP contribution is 2.24. The van der Waals surface area contributed by atoms with E-state index in [4.69, 9.17) is 0 Å². The number of benzene rings is 1. The van der Waals surface area contributed by atoms with Crippen molar-refractivity contribution in [3.63, 3.8) is 0 Å². The van der Waals surface area contributed by atoms with E-state index in [0.29, 0.717) is 0 Å². The van der Waals surface area contributed by atoms with Gasteiger partial charge in [-0.3, -0.25) is 0 Å². The number of carbonyl (C=O) groups is 1. The molecule has 1 saturated heterocycles. The van der Waals surface area contributed by atoms with E-state index in [1.54, 1.807) is 0 Å². The van der Waals surface area contributed by atoms with Crippen LogP contribution in [0.2, 0.25) is 0 Å². The second kappa shape index (κ2) is 4.79. The Hall–Kier alpha value is -0.830. The Morgan fingerprint density at radius 1 is 1.33 bits per heavy atom. The maximum absolute atomic E-state index is 10.6. The molecule has 0 radical (unpaired) electrons. The normalized spacial score (nSPS) is 17.8. The molecular formula is C12H14BrNO. The van der Waals surface area contributed by atoms with Crippen LogP contribution in [0.4, 0.5) is 5.69 Å². The van der Waals surface area contributed by atoms with Crippen LogP contribution in [-0.2, 0) is 4.79 Å². The van der Waals surface area contributed by atoms with Crippen LogP contribution < -0.4 is 4.90 Å². The van der Waals surface area contributed by atoms with Gasteiger partial charge in [-0.05, 0) is 31.0 Å². The highest BCUT2D eigenvalue weighted by atomic mass is 79.9. The summed E-state index contributed by atoms with van der Waals surface area (Å²) in [5, 5.41) is 0. The number of piperidine rings is 1. The van der Waals surface area contributed by atoms with Crippen LogP contribution in [0.3, 0.4) is 0 Å². The lowest BCUT2D eigenvalue weighted by Gasteiger charge is -2.31. The van der Waals surface area contributed by atoms with Crippen LogP contribution in [0.25, 0.3) is 0 Å². The molecule has 1 aromatic rings.